The zero-order valence-electron chi connectivity index (χ0n) is 24.1. The number of rotatable bonds is 8. The Kier molecular flexibility index (Phi) is 7.07. The molecule has 0 aromatic heterocycles. The van der Waals surface area contributed by atoms with Gasteiger partial charge in [-0.3, -0.25) is 9.59 Å². The molecule has 4 rings (SSSR count). The average Bonchev–Trinajstić information content (AvgIpc) is 3.09. The summed E-state index contributed by atoms with van der Waals surface area (Å²) in [5, 5.41) is 20.3. The Morgan fingerprint density at radius 2 is 1.18 bits per heavy atom. The molecule has 3 aromatic rings. The molecule has 3 atom stereocenters. The van der Waals surface area contributed by atoms with Gasteiger partial charge in [-0.15, -0.1) is 0 Å². The molecule has 0 aliphatic heterocycles. The van der Waals surface area contributed by atoms with E-state index in [-0.39, 0.29) is 22.4 Å². The molecule has 0 heterocycles. The van der Waals surface area contributed by atoms with E-state index in [0.717, 1.165) is 17.5 Å². The Bertz CT molecular complexity index is 1380. The fourth-order valence-corrected chi connectivity index (χ4v) is 6.49. The summed E-state index contributed by atoms with van der Waals surface area (Å²) in [5.74, 6) is -0.625. The van der Waals surface area contributed by atoms with Gasteiger partial charge in [0.25, 0.3) is 0 Å². The molecule has 0 saturated heterocycles. The maximum atomic E-state index is 12.6. The molecule has 4 heteroatoms. The number of fused-ring (bicyclic) bond motifs is 1. The van der Waals surface area contributed by atoms with Crippen LogP contribution >= 0.6 is 0 Å². The molecule has 4 nitrogen and oxygen atoms in total. The van der Waals surface area contributed by atoms with Crippen molar-refractivity contribution in [2.45, 2.75) is 88.8 Å². The molecule has 0 spiro atoms. The molecular formula is C35H40O4. The number of carbonyl (C=O) groups excluding carboxylic acids is 2. The fraction of sp³-hybridized carbons (Fsp3) is 0.400. The maximum absolute atomic E-state index is 12.6. The molecule has 39 heavy (non-hydrogen) atoms. The number of benzene rings is 3. The van der Waals surface area contributed by atoms with Crippen LogP contribution in [0.3, 0.4) is 0 Å². The highest BCUT2D eigenvalue weighted by Crippen LogP contribution is 2.56. The van der Waals surface area contributed by atoms with E-state index in [1.807, 2.05) is 43.3 Å². The molecular weight excluding hydrogens is 484 g/mol. The van der Waals surface area contributed by atoms with Crippen LogP contribution in [0.5, 0.6) is 0 Å². The second-order valence-corrected chi connectivity index (χ2v) is 13.1. The Labute approximate surface area is 233 Å². The molecule has 3 unspecified atom stereocenters. The first-order valence-electron chi connectivity index (χ1n) is 13.5. The van der Waals surface area contributed by atoms with Crippen molar-refractivity contribution in [2.24, 2.45) is 0 Å². The van der Waals surface area contributed by atoms with Crippen LogP contribution in [0.15, 0.2) is 72.8 Å². The predicted molar refractivity (Wildman–Crippen MR) is 155 cm³/mol. The van der Waals surface area contributed by atoms with Crippen LogP contribution in [-0.4, -0.2) is 33.0 Å². The summed E-state index contributed by atoms with van der Waals surface area (Å²) in [7, 11) is 0. The first-order chi connectivity index (χ1) is 17.9. The smallest absolute Gasteiger partial charge is 0.193 e. The fourth-order valence-electron chi connectivity index (χ4n) is 6.49. The lowest BCUT2D eigenvalue weighted by Crippen LogP contribution is -2.33. The molecule has 3 aromatic carbocycles. The molecule has 2 radical (unpaired) electrons. The van der Waals surface area contributed by atoms with Crippen LogP contribution in [0, 0.1) is 6.92 Å². The quantitative estimate of drug-likeness (QED) is 0.325. The van der Waals surface area contributed by atoms with Crippen molar-refractivity contribution in [3.63, 3.8) is 0 Å². The van der Waals surface area contributed by atoms with Gasteiger partial charge in [-0.2, -0.15) is 0 Å². The SMILES string of the molecule is [CH]C(C)(CC1(C)CC(C)(c2ccc(C(=O)C(C)(C)O)cc2)c2ccccc21)c1ccc(C(=O)C(C)(C)O)cc1. The highest BCUT2D eigenvalue weighted by atomic mass is 16.3. The van der Waals surface area contributed by atoms with Gasteiger partial charge in [0, 0.05) is 16.5 Å². The number of hydrogen-bond acceptors (Lipinski definition) is 4. The minimum Gasteiger partial charge on any atom is -0.382 e. The lowest BCUT2D eigenvalue weighted by molar-refractivity contribution is 0.0487. The second kappa shape index (κ2) is 9.53. The van der Waals surface area contributed by atoms with Gasteiger partial charge in [0.15, 0.2) is 11.6 Å². The van der Waals surface area contributed by atoms with Gasteiger partial charge >= 0.3 is 0 Å². The predicted octanol–water partition coefficient (Wildman–Crippen LogP) is 6.62. The van der Waals surface area contributed by atoms with Crippen LogP contribution in [0.2, 0.25) is 0 Å². The van der Waals surface area contributed by atoms with E-state index < -0.39 is 16.6 Å². The zero-order valence-corrected chi connectivity index (χ0v) is 24.1. The van der Waals surface area contributed by atoms with E-state index in [4.69, 9.17) is 6.92 Å². The summed E-state index contributed by atoms with van der Waals surface area (Å²) in [6, 6.07) is 23.4. The van der Waals surface area contributed by atoms with E-state index in [1.54, 1.807) is 12.1 Å². The third kappa shape index (κ3) is 5.37. The lowest BCUT2D eigenvalue weighted by atomic mass is 9.66. The molecule has 0 bridgehead atoms. The summed E-state index contributed by atoms with van der Waals surface area (Å²) < 4.78 is 0. The summed E-state index contributed by atoms with van der Waals surface area (Å²) in [6.07, 6.45) is 1.51. The van der Waals surface area contributed by atoms with Gasteiger partial charge in [0.05, 0.1) is 0 Å². The first-order valence-corrected chi connectivity index (χ1v) is 13.5. The number of hydrogen-bond donors (Lipinski definition) is 2. The molecule has 0 saturated carbocycles. The minimum atomic E-state index is -1.43. The van der Waals surface area contributed by atoms with E-state index in [9.17, 15) is 19.8 Å². The van der Waals surface area contributed by atoms with E-state index in [2.05, 4.69) is 38.1 Å². The van der Waals surface area contributed by atoms with Crippen molar-refractivity contribution in [3.8, 4) is 0 Å². The van der Waals surface area contributed by atoms with Crippen molar-refractivity contribution >= 4 is 11.6 Å². The van der Waals surface area contributed by atoms with E-state index >= 15 is 0 Å². The third-order valence-electron chi connectivity index (χ3n) is 8.37. The lowest BCUT2D eigenvalue weighted by Gasteiger charge is -2.37. The van der Waals surface area contributed by atoms with Gasteiger partial charge in [-0.25, -0.2) is 0 Å². The molecule has 2 N–H and O–H groups in total. The van der Waals surface area contributed by atoms with Crippen molar-refractivity contribution in [2.75, 3.05) is 0 Å². The Hall–Kier alpha value is -3.08. The molecule has 0 amide bonds. The van der Waals surface area contributed by atoms with Crippen LogP contribution < -0.4 is 0 Å². The Balaban J connectivity index is 1.66. The van der Waals surface area contributed by atoms with Crippen LogP contribution in [0.25, 0.3) is 0 Å². The first kappa shape index (κ1) is 28.9. The Morgan fingerprint density at radius 3 is 1.64 bits per heavy atom. The van der Waals surface area contributed by atoms with Gasteiger partial charge < -0.3 is 10.2 Å². The topological polar surface area (TPSA) is 74.6 Å². The number of carbonyl (C=O) groups is 2. The number of Topliss-reactive ketones (excluding diaryl/α,β-unsaturated/α-hetero) is 2. The Morgan fingerprint density at radius 1 is 0.744 bits per heavy atom. The standard InChI is InChI=1S/C35H40O4/c1-31(2,25-17-13-23(14-18-25)29(36)32(3,4)38)21-34(7)22-35(8,28-12-10-9-11-27(28)34)26-19-15-24(16-20-26)30(37)33(5,6)39/h1,9-20,38-39H,21-22H2,2-8H3. The zero-order chi connectivity index (χ0) is 29.0. The third-order valence-corrected chi connectivity index (χ3v) is 8.37. The summed E-state index contributed by atoms with van der Waals surface area (Å²) in [4.78, 5) is 25.1. The summed E-state index contributed by atoms with van der Waals surface area (Å²) in [5.41, 5.74) is 1.43. The molecule has 204 valence electrons. The maximum Gasteiger partial charge on any atom is 0.193 e. The highest BCUT2D eigenvalue weighted by Gasteiger charge is 2.50. The van der Waals surface area contributed by atoms with Gasteiger partial charge in [-0.1, -0.05) is 93.6 Å². The molecule has 1 aliphatic carbocycles. The van der Waals surface area contributed by atoms with Crippen LogP contribution in [0.4, 0.5) is 0 Å². The van der Waals surface area contributed by atoms with Gasteiger partial charge in [0.1, 0.15) is 11.2 Å². The van der Waals surface area contributed by atoms with Crippen molar-refractivity contribution in [1.29, 1.82) is 0 Å². The van der Waals surface area contributed by atoms with Crippen LogP contribution in [-0.2, 0) is 16.2 Å². The number of ketones is 2. The highest BCUT2D eigenvalue weighted by molar-refractivity contribution is 6.02. The number of aliphatic hydroxyl groups is 2. The van der Waals surface area contributed by atoms with Gasteiger partial charge in [0.2, 0.25) is 0 Å². The van der Waals surface area contributed by atoms with Crippen molar-refractivity contribution in [3.05, 3.63) is 113 Å². The van der Waals surface area contributed by atoms with E-state index in [0.29, 0.717) is 17.5 Å². The van der Waals surface area contributed by atoms with Crippen molar-refractivity contribution < 1.29 is 19.8 Å². The van der Waals surface area contributed by atoms with Crippen molar-refractivity contribution in [1.82, 2.24) is 0 Å². The average molecular weight is 525 g/mol. The largest absolute Gasteiger partial charge is 0.382 e. The molecule has 0 fully saturated rings. The monoisotopic (exact) mass is 524 g/mol. The summed E-state index contributed by atoms with van der Waals surface area (Å²) in [6.45, 7) is 19.5. The minimum absolute atomic E-state index is 0.238. The second-order valence-electron chi connectivity index (χ2n) is 13.1. The summed E-state index contributed by atoms with van der Waals surface area (Å²) >= 11 is 0. The molecule has 1 aliphatic rings. The van der Waals surface area contributed by atoms with E-state index in [1.165, 1.54) is 38.8 Å². The normalized spacial score (nSPS) is 21.5. The van der Waals surface area contributed by atoms with Crippen LogP contribution in [0.1, 0.15) is 104 Å². The van der Waals surface area contributed by atoms with Gasteiger partial charge in [-0.05, 0) is 80.5 Å².